The van der Waals surface area contributed by atoms with Crippen LogP contribution in [0.2, 0.25) is 5.02 Å². The summed E-state index contributed by atoms with van der Waals surface area (Å²) in [5, 5.41) is 2.94. The van der Waals surface area contributed by atoms with Gasteiger partial charge in [-0.15, -0.1) is 0 Å². The van der Waals surface area contributed by atoms with Crippen LogP contribution in [-0.4, -0.2) is 19.6 Å². The number of benzene rings is 2. The fraction of sp³-hybridized carbons (Fsp3) is 0.188. The van der Waals surface area contributed by atoms with E-state index in [0.717, 1.165) is 5.56 Å². The highest BCUT2D eigenvalue weighted by Gasteiger charge is 2.21. The molecule has 2 rings (SSSR count). The van der Waals surface area contributed by atoms with Crippen LogP contribution >= 0.6 is 11.6 Å². The predicted molar refractivity (Wildman–Crippen MR) is 81.1 cm³/mol. The average molecular weight is 308 g/mol. The van der Waals surface area contributed by atoms with Crippen LogP contribution in [0.1, 0.15) is 11.5 Å². The van der Waals surface area contributed by atoms with Crippen LogP contribution in [0.15, 0.2) is 48.5 Å². The number of carbonyl (C=O) groups is 1. The molecule has 0 aromatic heterocycles. The van der Waals surface area contributed by atoms with Gasteiger partial charge in [0, 0.05) is 6.54 Å². The average Bonchev–Trinajstić information content (AvgIpc) is 2.52. The van der Waals surface area contributed by atoms with Crippen LogP contribution in [0.5, 0.6) is 0 Å². The molecule has 0 aliphatic heterocycles. The molecule has 0 aliphatic carbocycles. The summed E-state index contributed by atoms with van der Waals surface area (Å²) in [6.07, 6.45) is 0. The number of nitrogens with one attached hydrogen (secondary N) is 1. The van der Waals surface area contributed by atoms with Crippen molar-refractivity contribution in [3.8, 4) is 0 Å². The van der Waals surface area contributed by atoms with Gasteiger partial charge in [0.2, 0.25) is 0 Å². The molecule has 0 spiro atoms. The lowest BCUT2D eigenvalue weighted by Gasteiger charge is -2.17. The molecular weight excluding hydrogens is 293 g/mol. The molecule has 0 fully saturated rings. The zero-order valence-corrected chi connectivity index (χ0v) is 12.2. The number of rotatable bonds is 5. The molecule has 0 aliphatic rings. The van der Waals surface area contributed by atoms with Gasteiger partial charge in [0.05, 0.1) is 23.7 Å². The topological polar surface area (TPSA) is 38.3 Å². The summed E-state index contributed by atoms with van der Waals surface area (Å²) in [5.41, 5.74) is 1.06. The predicted octanol–water partition coefficient (Wildman–Crippen LogP) is 3.85. The van der Waals surface area contributed by atoms with Gasteiger partial charge in [-0.2, -0.15) is 0 Å². The van der Waals surface area contributed by atoms with Crippen molar-refractivity contribution < 1.29 is 13.9 Å². The van der Waals surface area contributed by atoms with E-state index in [-0.39, 0.29) is 23.2 Å². The monoisotopic (exact) mass is 307 g/mol. The van der Waals surface area contributed by atoms with Crippen LogP contribution < -0.4 is 5.32 Å². The molecule has 0 bridgehead atoms. The maximum Gasteiger partial charge on any atom is 0.314 e. The van der Waals surface area contributed by atoms with E-state index in [2.05, 4.69) is 5.32 Å². The Labute approximate surface area is 127 Å². The number of hydrogen-bond donors (Lipinski definition) is 1. The Kier molecular flexibility index (Phi) is 5.17. The van der Waals surface area contributed by atoms with Crippen molar-refractivity contribution in [3.63, 3.8) is 0 Å². The zero-order valence-electron chi connectivity index (χ0n) is 11.5. The zero-order chi connectivity index (χ0) is 15.2. The van der Waals surface area contributed by atoms with Crippen LogP contribution in [0.4, 0.5) is 10.1 Å². The Morgan fingerprint density at radius 2 is 1.95 bits per heavy atom. The maximum atomic E-state index is 13.8. The summed E-state index contributed by atoms with van der Waals surface area (Å²) in [5.74, 6) is -1.43. The first-order valence-electron chi connectivity index (χ1n) is 6.44. The van der Waals surface area contributed by atoms with Gasteiger partial charge < -0.3 is 10.1 Å². The second-order valence-corrected chi connectivity index (χ2v) is 4.88. The van der Waals surface area contributed by atoms with Gasteiger partial charge in [0.1, 0.15) is 0 Å². The van der Waals surface area contributed by atoms with E-state index < -0.39 is 11.7 Å². The third-order valence-electron chi connectivity index (χ3n) is 3.14. The molecule has 1 unspecified atom stereocenters. The van der Waals surface area contributed by atoms with Crippen LogP contribution in [0.25, 0.3) is 0 Å². The Morgan fingerprint density at radius 3 is 2.62 bits per heavy atom. The van der Waals surface area contributed by atoms with Gasteiger partial charge in [-0.05, 0) is 17.7 Å². The van der Waals surface area contributed by atoms with E-state index in [1.165, 1.54) is 13.2 Å². The molecule has 2 aromatic rings. The Bertz CT molecular complexity index is 619. The third-order valence-corrected chi connectivity index (χ3v) is 3.43. The minimum Gasteiger partial charge on any atom is -0.468 e. The van der Waals surface area contributed by atoms with Crippen molar-refractivity contribution >= 4 is 23.3 Å². The van der Waals surface area contributed by atoms with Crippen LogP contribution in [0.3, 0.4) is 0 Å². The second kappa shape index (κ2) is 7.09. The van der Waals surface area contributed by atoms with Gasteiger partial charge in [0.25, 0.3) is 0 Å². The molecule has 0 saturated carbocycles. The van der Waals surface area contributed by atoms with Gasteiger partial charge in [-0.25, -0.2) is 4.39 Å². The summed E-state index contributed by atoms with van der Waals surface area (Å²) < 4.78 is 18.6. The molecule has 0 saturated heterocycles. The Hall–Kier alpha value is -2.07. The summed E-state index contributed by atoms with van der Waals surface area (Å²) in [7, 11) is 1.33. The van der Waals surface area contributed by atoms with Gasteiger partial charge in [-0.3, -0.25) is 4.79 Å². The number of hydrogen-bond acceptors (Lipinski definition) is 3. The minimum atomic E-state index is -0.532. The molecule has 0 heterocycles. The van der Waals surface area contributed by atoms with Gasteiger partial charge in [-0.1, -0.05) is 48.0 Å². The number of ether oxygens (including phenoxy) is 1. The number of anilines is 1. The van der Waals surface area contributed by atoms with E-state index in [1.54, 1.807) is 12.1 Å². The first-order chi connectivity index (χ1) is 10.1. The lowest BCUT2D eigenvalue weighted by molar-refractivity contribution is -0.142. The summed E-state index contributed by atoms with van der Waals surface area (Å²) in [4.78, 5) is 11.9. The Morgan fingerprint density at radius 1 is 1.24 bits per heavy atom. The standard InChI is InChI=1S/C16H15ClFNO2/c1-21-16(20)12(11-6-3-2-4-7-11)10-19-14-9-5-8-13(17)15(14)18/h2-9,12,19H,10H2,1H3. The van der Waals surface area contributed by atoms with Crippen LogP contribution in [0, 0.1) is 5.82 Å². The lowest BCUT2D eigenvalue weighted by atomic mass is 9.99. The molecule has 2 aromatic carbocycles. The fourth-order valence-electron chi connectivity index (χ4n) is 2.02. The smallest absolute Gasteiger partial charge is 0.314 e. The largest absolute Gasteiger partial charge is 0.468 e. The molecule has 5 heteroatoms. The maximum absolute atomic E-state index is 13.8. The number of methoxy groups -OCH3 is 1. The first-order valence-corrected chi connectivity index (χ1v) is 6.82. The highest BCUT2D eigenvalue weighted by atomic mass is 35.5. The third kappa shape index (κ3) is 3.73. The molecule has 0 radical (unpaired) electrons. The van der Waals surface area contributed by atoms with Crippen molar-refractivity contribution in [1.82, 2.24) is 0 Å². The second-order valence-electron chi connectivity index (χ2n) is 4.47. The molecule has 0 amide bonds. The van der Waals surface area contributed by atoms with Gasteiger partial charge in [0.15, 0.2) is 5.82 Å². The minimum absolute atomic E-state index is 0.0364. The first kappa shape index (κ1) is 15.3. The van der Waals surface area contributed by atoms with Crippen LogP contribution in [-0.2, 0) is 9.53 Å². The summed E-state index contributed by atoms with van der Waals surface area (Å²) in [6.45, 7) is 0.216. The van der Waals surface area contributed by atoms with Gasteiger partial charge >= 0.3 is 5.97 Å². The van der Waals surface area contributed by atoms with E-state index in [1.807, 2.05) is 30.3 Å². The highest BCUT2D eigenvalue weighted by Crippen LogP contribution is 2.24. The number of carbonyl (C=O) groups excluding carboxylic acids is 1. The SMILES string of the molecule is COC(=O)C(CNc1cccc(Cl)c1F)c1ccccc1. The van der Waals surface area contributed by atoms with Crippen molar-refractivity contribution in [2.75, 3.05) is 19.0 Å². The van der Waals surface area contributed by atoms with Crippen molar-refractivity contribution in [3.05, 3.63) is 64.9 Å². The van der Waals surface area contributed by atoms with E-state index >= 15 is 0 Å². The molecule has 1 N–H and O–H groups in total. The Balaban J connectivity index is 2.17. The fourth-order valence-corrected chi connectivity index (χ4v) is 2.19. The van der Waals surface area contributed by atoms with Crippen molar-refractivity contribution in [2.45, 2.75) is 5.92 Å². The molecular formula is C16H15ClFNO2. The number of esters is 1. The van der Waals surface area contributed by atoms with Crippen molar-refractivity contribution in [2.24, 2.45) is 0 Å². The normalized spacial score (nSPS) is 11.8. The number of halogens is 2. The van der Waals surface area contributed by atoms with E-state index in [9.17, 15) is 9.18 Å². The molecule has 1 atom stereocenters. The molecule has 21 heavy (non-hydrogen) atoms. The highest BCUT2D eigenvalue weighted by molar-refractivity contribution is 6.31. The molecule has 110 valence electrons. The summed E-state index contributed by atoms with van der Waals surface area (Å²) >= 11 is 5.73. The van der Waals surface area contributed by atoms with E-state index in [0.29, 0.717) is 0 Å². The van der Waals surface area contributed by atoms with E-state index in [4.69, 9.17) is 16.3 Å². The molecule has 3 nitrogen and oxygen atoms in total. The quantitative estimate of drug-likeness (QED) is 0.853. The van der Waals surface area contributed by atoms with Crippen molar-refractivity contribution in [1.29, 1.82) is 0 Å². The lowest BCUT2D eigenvalue weighted by Crippen LogP contribution is -2.22. The summed E-state index contributed by atoms with van der Waals surface area (Å²) in [6, 6.07) is 13.9.